The molecule has 1 fully saturated rings. The Hall–Kier alpha value is -3.32. The molecule has 1 unspecified atom stereocenters. The van der Waals surface area contributed by atoms with Gasteiger partial charge in [0, 0.05) is 34.5 Å². The van der Waals surface area contributed by atoms with Crippen LogP contribution in [0.3, 0.4) is 0 Å². The van der Waals surface area contributed by atoms with E-state index in [1.54, 1.807) is 48.8 Å². The van der Waals surface area contributed by atoms with Crippen molar-refractivity contribution in [3.05, 3.63) is 105 Å². The van der Waals surface area contributed by atoms with Crippen molar-refractivity contribution in [3.8, 4) is 0 Å². The molecule has 4 rings (SSSR count). The quantitative estimate of drug-likeness (QED) is 0.327. The van der Waals surface area contributed by atoms with E-state index in [1.165, 1.54) is 23.1 Å². The standard InChI is InChI=1S/C24H18BrFN2O3/c1-14-11-16(8-9-18(14)25)22(29)20-21(17-6-2-3-7-19(17)26)28(24(31)23(20)30)13-15-5-4-10-27-12-15/h2-12,21,29H,13H2,1H3/b22-20+. The summed E-state index contributed by atoms with van der Waals surface area (Å²) in [6.07, 6.45) is 3.18. The van der Waals surface area contributed by atoms with Crippen LogP contribution in [-0.4, -0.2) is 26.7 Å². The molecular weight excluding hydrogens is 463 g/mol. The van der Waals surface area contributed by atoms with Gasteiger partial charge in [-0.15, -0.1) is 0 Å². The molecule has 1 aliphatic heterocycles. The number of ketones is 1. The predicted octanol–water partition coefficient (Wildman–Crippen LogP) is 4.91. The molecule has 2 aromatic carbocycles. The molecule has 0 bridgehead atoms. The van der Waals surface area contributed by atoms with Gasteiger partial charge in [-0.25, -0.2) is 4.39 Å². The van der Waals surface area contributed by atoms with Crippen molar-refractivity contribution < 1.29 is 19.1 Å². The Labute approximate surface area is 187 Å². The Morgan fingerprint density at radius 3 is 2.61 bits per heavy atom. The molecule has 1 aromatic heterocycles. The van der Waals surface area contributed by atoms with Crippen LogP contribution in [0.1, 0.15) is 28.3 Å². The van der Waals surface area contributed by atoms with Crippen LogP contribution in [0.15, 0.2) is 77.0 Å². The summed E-state index contributed by atoms with van der Waals surface area (Å²) in [5.41, 5.74) is 1.91. The highest BCUT2D eigenvalue weighted by atomic mass is 79.9. The number of pyridine rings is 1. The van der Waals surface area contributed by atoms with E-state index in [1.807, 2.05) is 6.92 Å². The normalized spacial score (nSPS) is 17.9. The smallest absolute Gasteiger partial charge is 0.295 e. The number of rotatable bonds is 4. The van der Waals surface area contributed by atoms with Crippen molar-refractivity contribution in [3.63, 3.8) is 0 Å². The third-order valence-corrected chi connectivity index (χ3v) is 6.14. The maximum atomic E-state index is 14.8. The predicted molar refractivity (Wildman–Crippen MR) is 117 cm³/mol. The highest BCUT2D eigenvalue weighted by Gasteiger charge is 2.46. The Morgan fingerprint density at radius 1 is 1.16 bits per heavy atom. The van der Waals surface area contributed by atoms with E-state index in [0.29, 0.717) is 11.1 Å². The van der Waals surface area contributed by atoms with Crippen LogP contribution in [0, 0.1) is 12.7 Å². The topological polar surface area (TPSA) is 70.5 Å². The van der Waals surface area contributed by atoms with Crippen LogP contribution in [0.2, 0.25) is 0 Å². The molecule has 0 aliphatic carbocycles. The number of aliphatic hydroxyl groups excluding tert-OH is 1. The molecule has 0 saturated carbocycles. The lowest BCUT2D eigenvalue weighted by molar-refractivity contribution is -0.140. The van der Waals surface area contributed by atoms with Crippen molar-refractivity contribution in [2.75, 3.05) is 0 Å². The first-order chi connectivity index (χ1) is 14.9. The second-order valence-corrected chi connectivity index (χ2v) is 8.13. The Bertz CT molecular complexity index is 1210. The zero-order chi connectivity index (χ0) is 22.1. The highest BCUT2D eigenvalue weighted by molar-refractivity contribution is 9.10. The van der Waals surface area contributed by atoms with E-state index in [9.17, 15) is 19.1 Å². The van der Waals surface area contributed by atoms with Crippen LogP contribution < -0.4 is 0 Å². The molecule has 3 aromatic rings. The van der Waals surface area contributed by atoms with E-state index in [4.69, 9.17) is 0 Å². The summed E-state index contributed by atoms with van der Waals surface area (Å²) in [5.74, 6) is -2.55. The Balaban J connectivity index is 1.90. The Morgan fingerprint density at radius 2 is 1.94 bits per heavy atom. The monoisotopic (exact) mass is 480 g/mol. The summed E-state index contributed by atoms with van der Waals surface area (Å²) in [6.45, 7) is 1.89. The minimum Gasteiger partial charge on any atom is -0.507 e. The molecule has 1 aliphatic rings. The second kappa shape index (κ2) is 8.43. The molecule has 5 nitrogen and oxygen atoms in total. The fraction of sp³-hybridized carbons (Fsp3) is 0.125. The van der Waals surface area contributed by atoms with Crippen molar-refractivity contribution in [2.24, 2.45) is 0 Å². The van der Waals surface area contributed by atoms with Gasteiger partial charge in [-0.05, 0) is 42.3 Å². The van der Waals surface area contributed by atoms with E-state index in [-0.39, 0.29) is 23.4 Å². The van der Waals surface area contributed by atoms with Gasteiger partial charge in [0.1, 0.15) is 11.6 Å². The minimum absolute atomic E-state index is 0.0492. The summed E-state index contributed by atoms with van der Waals surface area (Å²) in [6, 6.07) is 13.4. The molecule has 1 atom stereocenters. The number of carbonyl (C=O) groups is 2. The van der Waals surface area contributed by atoms with Crippen LogP contribution in [0.25, 0.3) is 5.76 Å². The van der Waals surface area contributed by atoms with Gasteiger partial charge in [0.25, 0.3) is 11.7 Å². The van der Waals surface area contributed by atoms with Gasteiger partial charge >= 0.3 is 0 Å². The fourth-order valence-electron chi connectivity index (χ4n) is 3.70. The van der Waals surface area contributed by atoms with Gasteiger partial charge < -0.3 is 10.0 Å². The number of carbonyl (C=O) groups excluding carboxylic acids is 2. The van der Waals surface area contributed by atoms with Crippen LogP contribution >= 0.6 is 15.9 Å². The van der Waals surface area contributed by atoms with E-state index >= 15 is 0 Å². The lowest BCUT2D eigenvalue weighted by Gasteiger charge is -2.25. The van der Waals surface area contributed by atoms with Gasteiger partial charge in [0.05, 0.1) is 11.6 Å². The van der Waals surface area contributed by atoms with Crippen LogP contribution in [0.4, 0.5) is 4.39 Å². The van der Waals surface area contributed by atoms with E-state index in [0.717, 1.165) is 10.0 Å². The SMILES string of the molecule is Cc1cc(/C(O)=C2\C(=O)C(=O)N(Cc3cccnc3)C2c2ccccc2F)ccc1Br. The van der Waals surface area contributed by atoms with Crippen molar-refractivity contribution in [1.29, 1.82) is 0 Å². The number of nitrogens with zero attached hydrogens (tertiary/aromatic N) is 2. The first-order valence-electron chi connectivity index (χ1n) is 9.56. The average Bonchev–Trinajstić information content (AvgIpc) is 3.01. The van der Waals surface area contributed by atoms with Gasteiger partial charge in [0.15, 0.2) is 0 Å². The summed E-state index contributed by atoms with van der Waals surface area (Å²) in [4.78, 5) is 31.3. The molecule has 156 valence electrons. The zero-order valence-electron chi connectivity index (χ0n) is 16.5. The number of hydrogen-bond acceptors (Lipinski definition) is 4. The molecule has 7 heteroatoms. The first-order valence-corrected chi connectivity index (χ1v) is 10.4. The molecule has 2 heterocycles. The molecule has 1 N–H and O–H groups in total. The van der Waals surface area contributed by atoms with E-state index in [2.05, 4.69) is 20.9 Å². The number of aryl methyl sites for hydroxylation is 1. The number of aliphatic hydroxyl groups is 1. The first kappa shape index (κ1) is 20.9. The highest BCUT2D eigenvalue weighted by Crippen LogP contribution is 2.41. The molecule has 0 spiro atoms. The number of hydrogen-bond donors (Lipinski definition) is 1. The molecule has 1 saturated heterocycles. The number of aromatic nitrogens is 1. The van der Waals surface area contributed by atoms with Crippen LogP contribution in [0.5, 0.6) is 0 Å². The van der Waals surface area contributed by atoms with Crippen LogP contribution in [-0.2, 0) is 16.1 Å². The number of Topliss-reactive ketones (excluding diaryl/α,β-unsaturated/α-hetero) is 1. The second-order valence-electron chi connectivity index (χ2n) is 7.27. The zero-order valence-corrected chi connectivity index (χ0v) is 18.1. The maximum absolute atomic E-state index is 14.8. The summed E-state index contributed by atoms with van der Waals surface area (Å²) < 4.78 is 15.6. The van der Waals surface area contributed by atoms with Gasteiger partial charge in [-0.3, -0.25) is 14.6 Å². The third kappa shape index (κ3) is 3.88. The van der Waals surface area contributed by atoms with E-state index < -0.39 is 23.5 Å². The van der Waals surface area contributed by atoms with Crippen molar-refractivity contribution in [1.82, 2.24) is 9.88 Å². The van der Waals surface area contributed by atoms with Gasteiger partial charge in [-0.2, -0.15) is 0 Å². The Kier molecular flexibility index (Phi) is 5.69. The third-order valence-electron chi connectivity index (χ3n) is 5.25. The maximum Gasteiger partial charge on any atom is 0.295 e. The molecular formula is C24H18BrFN2O3. The number of benzene rings is 2. The lowest BCUT2D eigenvalue weighted by atomic mass is 9.94. The molecule has 31 heavy (non-hydrogen) atoms. The minimum atomic E-state index is -1.06. The lowest BCUT2D eigenvalue weighted by Crippen LogP contribution is -2.29. The fourth-order valence-corrected chi connectivity index (χ4v) is 3.95. The summed E-state index contributed by atoms with van der Waals surface area (Å²) >= 11 is 3.41. The summed E-state index contributed by atoms with van der Waals surface area (Å²) in [5, 5.41) is 11.1. The average molecular weight is 481 g/mol. The number of amides is 1. The largest absolute Gasteiger partial charge is 0.507 e. The van der Waals surface area contributed by atoms with Crippen molar-refractivity contribution in [2.45, 2.75) is 19.5 Å². The van der Waals surface area contributed by atoms with Crippen molar-refractivity contribution >= 4 is 33.4 Å². The molecule has 1 amide bonds. The van der Waals surface area contributed by atoms with Gasteiger partial charge in [0.2, 0.25) is 0 Å². The number of halogens is 2. The number of likely N-dealkylation sites (tertiary alicyclic amines) is 1. The summed E-state index contributed by atoms with van der Waals surface area (Å²) in [7, 11) is 0. The van der Waals surface area contributed by atoms with Gasteiger partial charge in [-0.1, -0.05) is 46.3 Å². The molecule has 0 radical (unpaired) electrons.